The smallest absolute Gasteiger partial charge is 0.225 e. The molecule has 0 bridgehead atoms. The molecule has 0 amide bonds. The summed E-state index contributed by atoms with van der Waals surface area (Å²) >= 11 is 0. The highest BCUT2D eigenvalue weighted by Crippen LogP contribution is 2.27. The van der Waals surface area contributed by atoms with Gasteiger partial charge in [-0.1, -0.05) is 39.0 Å². The number of hydrogen-bond donors (Lipinski definition) is 0. The summed E-state index contributed by atoms with van der Waals surface area (Å²) in [5.74, 6) is 0.597. The normalized spacial score (nSPS) is 14.0. The van der Waals surface area contributed by atoms with Gasteiger partial charge in [0.05, 0.1) is 11.2 Å². The van der Waals surface area contributed by atoms with E-state index in [4.69, 9.17) is 0 Å². The molecule has 34 heavy (non-hydrogen) atoms. The van der Waals surface area contributed by atoms with E-state index in [2.05, 4.69) is 50.9 Å². The quantitative estimate of drug-likeness (QED) is 0.385. The number of benzene rings is 1. The van der Waals surface area contributed by atoms with Gasteiger partial charge in [0.15, 0.2) is 0 Å². The van der Waals surface area contributed by atoms with Gasteiger partial charge >= 0.3 is 0 Å². The van der Waals surface area contributed by atoms with Crippen LogP contribution in [0, 0.1) is 12.7 Å². The third kappa shape index (κ3) is 5.28. The molecule has 0 saturated heterocycles. The van der Waals surface area contributed by atoms with E-state index in [1.807, 2.05) is 49.1 Å². The van der Waals surface area contributed by atoms with Crippen molar-refractivity contribution in [3.63, 3.8) is 0 Å². The van der Waals surface area contributed by atoms with Crippen molar-refractivity contribution < 1.29 is 4.39 Å². The molecule has 4 heterocycles. The van der Waals surface area contributed by atoms with Crippen LogP contribution in [-0.2, 0) is 0 Å². The molecule has 4 aromatic rings. The third-order valence-corrected chi connectivity index (χ3v) is 5.87. The zero-order valence-corrected chi connectivity index (χ0v) is 21.0. The molecule has 1 aliphatic rings. The van der Waals surface area contributed by atoms with Crippen LogP contribution in [0.4, 0.5) is 10.3 Å². The van der Waals surface area contributed by atoms with Crippen molar-refractivity contribution in [2.24, 2.45) is 0 Å². The molecule has 6 nitrogen and oxygen atoms in total. The van der Waals surface area contributed by atoms with Gasteiger partial charge in [0.2, 0.25) is 5.95 Å². The van der Waals surface area contributed by atoms with Crippen molar-refractivity contribution in [2.45, 2.75) is 40.0 Å². The first-order chi connectivity index (χ1) is 16.1. The summed E-state index contributed by atoms with van der Waals surface area (Å²) in [5.41, 5.74) is 6.48. The Morgan fingerprint density at radius 1 is 1.00 bits per heavy atom. The van der Waals surface area contributed by atoms with Crippen LogP contribution in [0.3, 0.4) is 0 Å². The number of halogens is 1. The molecule has 0 radical (unpaired) electrons. The maximum absolute atomic E-state index is 13.2. The maximum Gasteiger partial charge on any atom is 0.225 e. The number of rotatable bonds is 4. The Morgan fingerprint density at radius 2 is 1.71 bits per heavy atom. The Balaban J connectivity index is 0.00000105. The van der Waals surface area contributed by atoms with Crippen LogP contribution in [0.15, 0.2) is 61.3 Å². The van der Waals surface area contributed by atoms with Crippen molar-refractivity contribution >= 4 is 30.5 Å². The summed E-state index contributed by atoms with van der Waals surface area (Å²) in [6.07, 6.45) is 10.4. The zero-order valence-electron chi connectivity index (χ0n) is 20.0. The molecule has 0 N–H and O–H groups in total. The van der Waals surface area contributed by atoms with Crippen LogP contribution in [0.5, 0.6) is 0 Å². The summed E-state index contributed by atoms with van der Waals surface area (Å²) in [5, 5.41) is 4.30. The molecule has 1 unspecified atom stereocenters. The Bertz CT molecular complexity index is 1250. The zero-order chi connectivity index (χ0) is 23.4. The van der Waals surface area contributed by atoms with Crippen LogP contribution in [0.2, 0.25) is 0 Å². The van der Waals surface area contributed by atoms with Gasteiger partial charge in [0.25, 0.3) is 0 Å². The fraction of sp³-hybridized carbons (Fsp3) is 0.308. The fourth-order valence-corrected chi connectivity index (χ4v) is 4.03. The third-order valence-electron chi connectivity index (χ3n) is 5.87. The van der Waals surface area contributed by atoms with E-state index in [-0.39, 0.29) is 25.2 Å². The topological polar surface area (TPSA) is 59.2 Å². The monoisotopic (exact) mass is 478 g/mol. The van der Waals surface area contributed by atoms with Crippen LogP contribution in [0.1, 0.15) is 55.5 Å². The molecule has 1 aliphatic heterocycles. The second kappa shape index (κ2) is 11.2. The second-order valence-corrected chi connectivity index (χ2v) is 7.97. The number of hydrogen-bond acceptors (Lipinski definition) is 5. The second-order valence-electron chi connectivity index (χ2n) is 7.97. The first kappa shape index (κ1) is 25.4. The molecule has 1 aromatic carbocycles. The van der Waals surface area contributed by atoms with Gasteiger partial charge < -0.3 is 4.90 Å². The summed E-state index contributed by atoms with van der Waals surface area (Å²) in [4.78, 5) is 15.9. The first-order valence-electron chi connectivity index (χ1n) is 11.4. The van der Waals surface area contributed by atoms with Gasteiger partial charge in [-0.2, -0.15) is 18.6 Å². The maximum atomic E-state index is 13.2. The van der Waals surface area contributed by atoms with E-state index in [1.165, 1.54) is 23.3 Å². The molecule has 5 rings (SSSR count). The van der Waals surface area contributed by atoms with E-state index < -0.39 is 0 Å². The number of aryl methyl sites for hydroxylation is 1. The highest BCUT2D eigenvalue weighted by molar-refractivity contribution is 7.59. The standard InChI is InChI=1S/C24H23FN6.C2H6.H2S/c1-16-11-22-23(28-15-29-31(22)14-16)19-7-9-30(10-8-19)24-26-12-20(13-27-24)17(2)18-3-5-21(25)6-4-18;1-2;/h3-7,11-15,17H,8-10H2,1-2H3;1-2H3;1H2. The lowest BCUT2D eigenvalue weighted by Crippen LogP contribution is -2.30. The predicted octanol–water partition coefficient (Wildman–Crippen LogP) is 5.55. The Hall–Kier alpha value is -3.26. The highest BCUT2D eigenvalue weighted by atomic mass is 32.1. The molecule has 0 spiro atoms. The van der Waals surface area contributed by atoms with Gasteiger partial charge in [0, 0.05) is 37.6 Å². The predicted molar refractivity (Wildman–Crippen MR) is 140 cm³/mol. The van der Waals surface area contributed by atoms with E-state index in [9.17, 15) is 4.39 Å². The van der Waals surface area contributed by atoms with Crippen molar-refractivity contribution in [1.29, 1.82) is 0 Å². The van der Waals surface area contributed by atoms with E-state index in [1.54, 1.807) is 6.33 Å². The summed E-state index contributed by atoms with van der Waals surface area (Å²) in [6.45, 7) is 9.70. The van der Waals surface area contributed by atoms with Gasteiger partial charge in [-0.05, 0) is 53.8 Å². The Kier molecular flexibility index (Phi) is 8.39. The lowest BCUT2D eigenvalue weighted by atomic mass is 9.95. The SMILES string of the molecule is CC.Cc1cc2c(C3=CCN(c4ncc(C(C)c5ccc(F)cc5)cn4)CC3)ncnn2c1.S. The fourth-order valence-electron chi connectivity index (χ4n) is 4.03. The molecular formula is C26H31FN6S. The number of nitrogens with zero attached hydrogens (tertiary/aromatic N) is 6. The first-order valence-corrected chi connectivity index (χ1v) is 11.4. The Morgan fingerprint density at radius 3 is 2.35 bits per heavy atom. The molecule has 3 aromatic heterocycles. The van der Waals surface area contributed by atoms with Gasteiger partial charge in [-0.25, -0.2) is 23.9 Å². The molecule has 8 heteroatoms. The lowest BCUT2D eigenvalue weighted by molar-refractivity contribution is 0.626. The van der Waals surface area contributed by atoms with Crippen LogP contribution in [0.25, 0.3) is 11.1 Å². The van der Waals surface area contributed by atoms with Crippen molar-refractivity contribution in [2.75, 3.05) is 18.0 Å². The van der Waals surface area contributed by atoms with Gasteiger partial charge in [-0.3, -0.25) is 0 Å². The van der Waals surface area contributed by atoms with Gasteiger partial charge in [0.1, 0.15) is 12.1 Å². The van der Waals surface area contributed by atoms with Crippen LogP contribution in [-0.4, -0.2) is 37.7 Å². The largest absolute Gasteiger partial charge is 0.337 e. The minimum atomic E-state index is -0.227. The number of anilines is 1. The Labute approximate surface area is 207 Å². The summed E-state index contributed by atoms with van der Waals surface area (Å²) < 4.78 is 15.1. The average Bonchev–Trinajstić information content (AvgIpc) is 3.26. The number of fused-ring (bicyclic) bond motifs is 1. The summed E-state index contributed by atoms with van der Waals surface area (Å²) in [7, 11) is 0. The molecule has 178 valence electrons. The minimum Gasteiger partial charge on any atom is -0.337 e. The molecule has 0 aliphatic carbocycles. The van der Waals surface area contributed by atoms with E-state index >= 15 is 0 Å². The minimum absolute atomic E-state index is 0. The van der Waals surface area contributed by atoms with Crippen molar-refractivity contribution in [3.05, 3.63) is 89.5 Å². The van der Waals surface area contributed by atoms with Crippen LogP contribution >= 0.6 is 13.5 Å². The average molecular weight is 479 g/mol. The van der Waals surface area contributed by atoms with E-state index in [0.717, 1.165) is 47.8 Å². The lowest BCUT2D eigenvalue weighted by Gasteiger charge is -2.26. The molecule has 1 atom stereocenters. The molecule has 0 fully saturated rings. The molecular weight excluding hydrogens is 447 g/mol. The van der Waals surface area contributed by atoms with Crippen molar-refractivity contribution in [1.82, 2.24) is 24.6 Å². The number of aromatic nitrogens is 5. The van der Waals surface area contributed by atoms with Crippen LogP contribution < -0.4 is 4.90 Å². The van der Waals surface area contributed by atoms with E-state index in [0.29, 0.717) is 0 Å². The summed E-state index contributed by atoms with van der Waals surface area (Å²) in [6, 6.07) is 8.70. The highest BCUT2D eigenvalue weighted by Gasteiger charge is 2.19. The molecule has 0 saturated carbocycles. The van der Waals surface area contributed by atoms with Crippen molar-refractivity contribution in [3.8, 4) is 0 Å². The van der Waals surface area contributed by atoms with Gasteiger partial charge in [-0.15, -0.1) is 0 Å².